The van der Waals surface area contributed by atoms with Crippen molar-refractivity contribution in [1.29, 1.82) is 0 Å². The highest BCUT2D eigenvalue weighted by Gasteiger charge is 2.28. The minimum Gasteiger partial charge on any atom is -0.409 e. The van der Waals surface area contributed by atoms with Crippen LogP contribution in [0.2, 0.25) is 0 Å². The van der Waals surface area contributed by atoms with Crippen molar-refractivity contribution in [2.24, 2.45) is 10.9 Å². The highest BCUT2D eigenvalue weighted by atomic mass is 32.2. The van der Waals surface area contributed by atoms with Crippen LogP contribution in [-0.2, 0) is 26.0 Å². The van der Waals surface area contributed by atoms with Crippen molar-refractivity contribution in [3.8, 4) is 0 Å². The van der Waals surface area contributed by atoms with E-state index in [-0.39, 0.29) is 23.1 Å². The third kappa shape index (κ3) is 6.67. The quantitative estimate of drug-likeness (QED) is 0.142. The molecule has 0 radical (unpaired) electrons. The maximum Gasteiger partial charge on any atom is 0.245 e. The minimum absolute atomic E-state index is 0.0375. The Morgan fingerprint density at radius 2 is 1.66 bits per heavy atom. The first-order chi connectivity index (χ1) is 18.3. The van der Waals surface area contributed by atoms with Gasteiger partial charge in [0, 0.05) is 25.1 Å². The minimum atomic E-state index is -3.95. The Bertz CT molecular complexity index is 1430. The summed E-state index contributed by atoms with van der Waals surface area (Å²) in [5, 5.41) is 16.2. The molecule has 0 spiro atoms. The molecule has 10 nitrogen and oxygen atoms in total. The summed E-state index contributed by atoms with van der Waals surface area (Å²) in [6, 6.07) is 18.1. The molecule has 11 heteroatoms. The number of fused-ring (bicyclic) bond motifs is 1. The predicted octanol–water partition coefficient (Wildman–Crippen LogP) is 1.95. The highest BCUT2D eigenvalue weighted by Crippen LogP contribution is 2.19. The number of hydrogen-bond acceptors (Lipinski definition) is 6. The van der Waals surface area contributed by atoms with Crippen molar-refractivity contribution in [3.05, 3.63) is 77.9 Å². The highest BCUT2D eigenvalue weighted by molar-refractivity contribution is 7.89. The van der Waals surface area contributed by atoms with Gasteiger partial charge < -0.3 is 21.2 Å². The van der Waals surface area contributed by atoms with Crippen LogP contribution in [0.1, 0.15) is 30.4 Å². The van der Waals surface area contributed by atoms with Crippen molar-refractivity contribution in [3.63, 3.8) is 0 Å². The molecule has 200 valence electrons. The summed E-state index contributed by atoms with van der Waals surface area (Å²) >= 11 is 0. The van der Waals surface area contributed by atoms with Crippen LogP contribution in [0.4, 0.5) is 0 Å². The number of sulfonamides is 1. The van der Waals surface area contributed by atoms with Gasteiger partial charge in [-0.2, -0.15) is 0 Å². The lowest BCUT2D eigenvalue weighted by atomic mass is 10.0. The number of piperidine rings is 1. The van der Waals surface area contributed by atoms with Crippen molar-refractivity contribution >= 4 is 38.4 Å². The van der Waals surface area contributed by atoms with E-state index in [4.69, 9.17) is 10.9 Å². The Hall–Kier alpha value is -3.96. The topological polar surface area (TPSA) is 154 Å². The van der Waals surface area contributed by atoms with E-state index in [1.165, 1.54) is 6.07 Å². The number of hydrogen-bond donors (Lipinski definition) is 4. The summed E-state index contributed by atoms with van der Waals surface area (Å²) in [6.45, 7) is 0.714. The van der Waals surface area contributed by atoms with Gasteiger partial charge in [0.2, 0.25) is 21.8 Å². The van der Waals surface area contributed by atoms with Gasteiger partial charge in [-0.3, -0.25) is 9.59 Å². The summed E-state index contributed by atoms with van der Waals surface area (Å²) < 4.78 is 28.0. The molecule has 3 aromatic carbocycles. The second-order valence-electron chi connectivity index (χ2n) is 9.23. The number of amidine groups is 1. The zero-order chi connectivity index (χ0) is 27.1. The first-order valence-electron chi connectivity index (χ1n) is 12.4. The lowest BCUT2D eigenvalue weighted by molar-refractivity contribution is -0.137. The largest absolute Gasteiger partial charge is 0.409 e. The Balaban J connectivity index is 1.45. The van der Waals surface area contributed by atoms with Crippen LogP contribution >= 0.6 is 0 Å². The average molecular weight is 538 g/mol. The fraction of sp³-hybridized carbons (Fsp3) is 0.296. The van der Waals surface area contributed by atoms with Crippen molar-refractivity contribution in [1.82, 2.24) is 14.9 Å². The van der Waals surface area contributed by atoms with Crippen LogP contribution in [-0.4, -0.2) is 61.9 Å². The van der Waals surface area contributed by atoms with Crippen molar-refractivity contribution in [2.45, 2.75) is 36.6 Å². The molecule has 1 heterocycles. The number of nitrogens with two attached hydrogens (primary N) is 1. The number of nitrogens with zero attached hydrogens (tertiary/aromatic N) is 2. The van der Waals surface area contributed by atoms with E-state index in [0.717, 1.165) is 35.6 Å². The lowest BCUT2D eigenvalue weighted by Crippen LogP contribution is -2.52. The van der Waals surface area contributed by atoms with Gasteiger partial charge in [-0.05, 0) is 47.7 Å². The number of carbonyl (C=O) groups is 2. The van der Waals surface area contributed by atoms with E-state index in [9.17, 15) is 18.0 Å². The van der Waals surface area contributed by atoms with Gasteiger partial charge in [-0.25, -0.2) is 13.1 Å². The molecule has 0 saturated carbocycles. The van der Waals surface area contributed by atoms with Gasteiger partial charge in [0.15, 0.2) is 5.84 Å². The number of oxime groups is 1. The molecular formula is C27H31N5O5S. The molecule has 1 aliphatic heterocycles. The van der Waals surface area contributed by atoms with E-state index in [1.54, 1.807) is 41.3 Å². The number of amides is 2. The number of benzene rings is 3. The van der Waals surface area contributed by atoms with E-state index in [0.29, 0.717) is 18.7 Å². The van der Waals surface area contributed by atoms with Crippen LogP contribution in [0.5, 0.6) is 0 Å². The van der Waals surface area contributed by atoms with Gasteiger partial charge in [-0.15, -0.1) is 0 Å². The SMILES string of the molecule is N/C(=N\O)c1ccc(C[C@H](NC(=O)CNS(=O)(=O)c2ccc3ccccc3c2)C(=O)N2CCCCC2)cc1. The van der Waals surface area contributed by atoms with E-state index in [2.05, 4.69) is 15.2 Å². The number of carbonyl (C=O) groups excluding carboxylic acids is 2. The second kappa shape index (κ2) is 12.1. The summed E-state index contributed by atoms with van der Waals surface area (Å²) in [4.78, 5) is 27.9. The molecule has 4 rings (SSSR count). The molecule has 2 amide bonds. The average Bonchev–Trinajstić information content (AvgIpc) is 2.95. The zero-order valence-corrected chi connectivity index (χ0v) is 21.7. The Labute approximate surface area is 221 Å². The van der Waals surface area contributed by atoms with Crippen molar-refractivity contribution in [2.75, 3.05) is 19.6 Å². The maximum absolute atomic E-state index is 13.3. The molecule has 1 fully saturated rings. The molecule has 0 bridgehead atoms. The number of nitrogens with one attached hydrogen (secondary N) is 2. The molecule has 1 atom stereocenters. The third-order valence-corrected chi connectivity index (χ3v) is 7.95. The van der Waals surface area contributed by atoms with Crippen LogP contribution < -0.4 is 15.8 Å². The van der Waals surface area contributed by atoms with Crippen LogP contribution in [0.3, 0.4) is 0 Å². The third-order valence-electron chi connectivity index (χ3n) is 6.55. The molecule has 0 aromatic heterocycles. The summed E-state index contributed by atoms with van der Waals surface area (Å²) in [5.41, 5.74) is 6.89. The molecule has 1 saturated heterocycles. The molecule has 38 heavy (non-hydrogen) atoms. The van der Waals surface area contributed by atoms with E-state index in [1.807, 2.05) is 24.3 Å². The Morgan fingerprint density at radius 3 is 2.34 bits per heavy atom. The van der Waals surface area contributed by atoms with Crippen LogP contribution in [0.25, 0.3) is 10.8 Å². The smallest absolute Gasteiger partial charge is 0.245 e. The molecule has 5 N–H and O–H groups in total. The molecule has 3 aromatic rings. The van der Waals surface area contributed by atoms with Gasteiger partial charge >= 0.3 is 0 Å². The Kier molecular flexibility index (Phi) is 8.59. The number of likely N-dealkylation sites (tertiary alicyclic amines) is 1. The van der Waals surface area contributed by atoms with Gasteiger partial charge in [0.25, 0.3) is 0 Å². The zero-order valence-electron chi connectivity index (χ0n) is 20.8. The van der Waals surface area contributed by atoms with Gasteiger partial charge in [-0.1, -0.05) is 59.8 Å². The molecule has 0 aliphatic carbocycles. The van der Waals surface area contributed by atoms with Gasteiger partial charge in [0.1, 0.15) is 6.04 Å². The molecular weight excluding hydrogens is 506 g/mol. The fourth-order valence-corrected chi connectivity index (χ4v) is 5.48. The summed E-state index contributed by atoms with van der Waals surface area (Å²) in [6.07, 6.45) is 3.04. The molecule has 0 unspecified atom stereocenters. The van der Waals surface area contributed by atoms with Crippen molar-refractivity contribution < 1.29 is 23.2 Å². The van der Waals surface area contributed by atoms with Gasteiger partial charge in [0.05, 0.1) is 11.4 Å². The van der Waals surface area contributed by atoms with Crippen LogP contribution in [0.15, 0.2) is 76.8 Å². The first-order valence-corrected chi connectivity index (χ1v) is 13.9. The van der Waals surface area contributed by atoms with E-state index >= 15 is 0 Å². The monoisotopic (exact) mass is 537 g/mol. The standard InChI is InChI=1S/C27H31N5O5S/c28-26(31-35)21-10-8-19(9-11-21)16-24(27(34)32-14-4-1-5-15-32)30-25(33)18-29-38(36,37)23-13-12-20-6-2-3-7-22(20)17-23/h2-3,6-13,17,24,29,35H,1,4-5,14-16,18H2,(H2,28,31)(H,30,33)/t24-/m0/s1. The summed E-state index contributed by atoms with van der Waals surface area (Å²) in [7, 11) is -3.95. The Morgan fingerprint density at radius 1 is 0.974 bits per heavy atom. The lowest BCUT2D eigenvalue weighted by Gasteiger charge is -2.31. The summed E-state index contributed by atoms with van der Waals surface area (Å²) in [5.74, 6) is -0.863. The van der Waals surface area contributed by atoms with Crippen LogP contribution in [0, 0.1) is 0 Å². The second-order valence-corrected chi connectivity index (χ2v) is 11.0. The normalized spacial score (nSPS) is 15.3. The first kappa shape index (κ1) is 27.1. The fourth-order valence-electron chi connectivity index (χ4n) is 4.46. The number of rotatable bonds is 9. The van der Waals surface area contributed by atoms with E-state index < -0.39 is 28.5 Å². The predicted molar refractivity (Wildman–Crippen MR) is 144 cm³/mol. The maximum atomic E-state index is 13.3. The molecule has 1 aliphatic rings.